The minimum Gasteiger partial charge on any atom is -0.497 e. The minimum absolute atomic E-state index is 0.717. The molecule has 0 amide bonds. The van der Waals surface area contributed by atoms with Crippen molar-refractivity contribution in [2.45, 2.75) is 0 Å². The number of ether oxygens (including phenoxy) is 2. The van der Waals surface area contributed by atoms with Crippen LogP contribution in [0.5, 0.6) is 11.5 Å². The normalized spacial score (nSPS) is 10.8. The molecular formula is C16H14ClNO2. The third-order valence-corrected chi connectivity index (χ3v) is 3.48. The number of fused-ring (bicyclic) bond motifs is 1. The van der Waals surface area contributed by atoms with Crippen LogP contribution in [0.4, 0.5) is 0 Å². The molecule has 0 radical (unpaired) electrons. The molecule has 0 atom stereocenters. The van der Waals surface area contributed by atoms with Crippen molar-refractivity contribution >= 4 is 22.5 Å². The summed E-state index contributed by atoms with van der Waals surface area (Å²) in [5, 5.41) is 1.83. The fourth-order valence-corrected chi connectivity index (χ4v) is 2.39. The molecule has 0 spiro atoms. The molecule has 0 fully saturated rings. The van der Waals surface area contributed by atoms with Crippen molar-refractivity contribution in [3.05, 3.63) is 47.5 Å². The number of benzene rings is 2. The Morgan fingerprint density at radius 2 is 1.60 bits per heavy atom. The van der Waals surface area contributed by atoms with Gasteiger partial charge in [0, 0.05) is 33.2 Å². The van der Waals surface area contributed by atoms with Crippen LogP contribution >= 0.6 is 11.6 Å². The molecule has 0 aliphatic carbocycles. The number of hydrogen-bond donors (Lipinski definition) is 1. The van der Waals surface area contributed by atoms with Gasteiger partial charge in [0.05, 0.1) is 14.2 Å². The smallest absolute Gasteiger partial charge is 0.123 e. The summed E-state index contributed by atoms with van der Waals surface area (Å²) in [5.74, 6) is 1.52. The zero-order valence-electron chi connectivity index (χ0n) is 11.2. The molecule has 3 rings (SSSR count). The maximum atomic E-state index is 6.01. The molecule has 0 aliphatic heterocycles. The van der Waals surface area contributed by atoms with Crippen LogP contribution in [-0.4, -0.2) is 19.2 Å². The third kappa shape index (κ3) is 2.32. The summed E-state index contributed by atoms with van der Waals surface area (Å²) in [6.07, 6.45) is 0. The predicted octanol–water partition coefficient (Wildman–Crippen LogP) is 4.51. The van der Waals surface area contributed by atoms with Gasteiger partial charge in [-0.05, 0) is 30.3 Å². The maximum Gasteiger partial charge on any atom is 0.123 e. The third-order valence-electron chi connectivity index (χ3n) is 3.25. The Balaban J connectivity index is 2.14. The minimum atomic E-state index is 0.717. The molecule has 1 N–H and O–H groups in total. The van der Waals surface area contributed by atoms with E-state index in [9.17, 15) is 0 Å². The molecule has 2 aromatic carbocycles. The first-order valence-electron chi connectivity index (χ1n) is 6.21. The van der Waals surface area contributed by atoms with E-state index >= 15 is 0 Å². The number of hydrogen-bond acceptors (Lipinski definition) is 2. The summed E-state index contributed by atoms with van der Waals surface area (Å²) in [6, 6.07) is 13.7. The van der Waals surface area contributed by atoms with Crippen LogP contribution in [0.3, 0.4) is 0 Å². The summed E-state index contributed by atoms with van der Waals surface area (Å²) in [4.78, 5) is 3.36. The van der Waals surface area contributed by atoms with Crippen molar-refractivity contribution < 1.29 is 9.47 Å². The van der Waals surface area contributed by atoms with Crippen LogP contribution in [-0.2, 0) is 0 Å². The van der Waals surface area contributed by atoms with Gasteiger partial charge >= 0.3 is 0 Å². The van der Waals surface area contributed by atoms with Crippen LogP contribution in [0, 0.1) is 0 Å². The second-order valence-corrected chi connectivity index (χ2v) is 4.95. The number of nitrogens with one attached hydrogen (secondary N) is 1. The molecule has 3 nitrogen and oxygen atoms in total. The Morgan fingerprint density at radius 3 is 2.25 bits per heavy atom. The highest BCUT2D eigenvalue weighted by atomic mass is 35.5. The number of aromatic nitrogens is 1. The standard InChI is InChI=1S/C16H14ClNO2/c1-19-13-5-11(6-14(9-13)20-2)15-7-10-3-4-12(17)8-16(10)18-15/h3-9,18H,1-2H3. The largest absolute Gasteiger partial charge is 0.497 e. The number of rotatable bonds is 3. The van der Waals surface area contributed by atoms with E-state index in [1.165, 1.54) is 0 Å². The van der Waals surface area contributed by atoms with Gasteiger partial charge in [0.1, 0.15) is 11.5 Å². The van der Waals surface area contributed by atoms with Crippen LogP contribution in [0.2, 0.25) is 5.02 Å². The molecule has 3 aromatic rings. The Kier molecular flexibility index (Phi) is 3.28. The second-order valence-electron chi connectivity index (χ2n) is 4.52. The van der Waals surface area contributed by atoms with E-state index in [0.717, 1.165) is 33.7 Å². The van der Waals surface area contributed by atoms with Gasteiger partial charge in [-0.2, -0.15) is 0 Å². The molecule has 1 aromatic heterocycles. The summed E-state index contributed by atoms with van der Waals surface area (Å²) in [6.45, 7) is 0. The van der Waals surface area contributed by atoms with Gasteiger partial charge in [-0.3, -0.25) is 0 Å². The molecule has 20 heavy (non-hydrogen) atoms. The van der Waals surface area contributed by atoms with E-state index in [4.69, 9.17) is 21.1 Å². The second kappa shape index (κ2) is 5.10. The molecule has 0 bridgehead atoms. The first kappa shape index (κ1) is 12.9. The van der Waals surface area contributed by atoms with Crippen molar-refractivity contribution in [3.63, 3.8) is 0 Å². The average molecular weight is 288 g/mol. The van der Waals surface area contributed by atoms with Crippen LogP contribution in [0.15, 0.2) is 42.5 Å². The van der Waals surface area contributed by atoms with Crippen molar-refractivity contribution in [1.29, 1.82) is 0 Å². The van der Waals surface area contributed by atoms with Crippen molar-refractivity contribution in [2.75, 3.05) is 14.2 Å². The lowest BCUT2D eigenvalue weighted by Crippen LogP contribution is -1.88. The summed E-state index contributed by atoms with van der Waals surface area (Å²) in [5.41, 5.74) is 3.02. The quantitative estimate of drug-likeness (QED) is 0.769. The number of aromatic amines is 1. The van der Waals surface area contributed by atoms with Crippen LogP contribution < -0.4 is 9.47 Å². The van der Waals surface area contributed by atoms with Gasteiger partial charge in [0.25, 0.3) is 0 Å². The topological polar surface area (TPSA) is 34.2 Å². The maximum absolute atomic E-state index is 6.01. The van der Waals surface area contributed by atoms with E-state index in [2.05, 4.69) is 11.1 Å². The van der Waals surface area contributed by atoms with Gasteiger partial charge in [-0.25, -0.2) is 0 Å². The van der Waals surface area contributed by atoms with Gasteiger partial charge in [-0.15, -0.1) is 0 Å². The van der Waals surface area contributed by atoms with Gasteiger partial charge < -0.3 is 14.5 Å². The van der Waals surface area contributed by atoms with Crippen LogP contribution in [0.25, 0.3) is 22.2 Å². The fourth-order valence-electron chi connectivity index (χ4n) is 2.22. The number of H-pyrrole nitrogens is 1. The molecule has 0 unspecified atom stereocenters. The summed E-state index contributed by atoms with van der Waals surface area (Å²) >= 11 is 6.01. The lowest BCUT2D eigenvalue weighted by molar-refractivity contribution is 0.394. The Labute approximate surface area is 122 Å². The highest BCUT2D eigenvalue weighted by molar-refractivity contribution is 6.31. The molecular weight excluding hydrogens is 274 g/mol. The zero-order chi connectivity index (χ0) is 14.1. The monoisotopic (exact) mass is 287 g/mol. The molecule has 0 aliphatic rings. The molecule has 102 valence electrons. The Morgan fingerprint density at radius 1 is 0.900 bits per heavy atom. The first-order chi connectivity index (χ1) is 9.69. The van der Waals surface area contributed by atoms with E-state index in [1.54, 1.807) is 14.2 Å². The SMILES string of the molecule is COc1cc(OC)cc(-c2cc3ccc(Cl)cc3[nH]2)c1. The Bertz CT molecular complexity index is 742. The van der Waals surface area contributed by atoms with E-state index in [1.807, 2.05) is 36.4 Å². The van der Waals surface area contributed by atoms with Gasteiger partial charge in [0.2, 0.25) is 0 Å². The lowest BCUT2D eigenvalue weighted by atomic mass is 10.1. The van der Waals surface area contributed by atoms with Crippen molar-refractivity contribution in [3.8, 4) is 22.8 Å². The Hall–Kier alpha value is -2.13. The van der Waals surface area contributed by atoms with Gasteiger partial charge in [-0.1, -0.05) is 17.7 Å². The zero-order valence-corrected chi connectivity index (χ0v) is 12.0. The first-order valence-corrected chi connectivity index (χ1v) is 6.59. The molecule has 0 saturated heterocycles. The lowest BCUT2D eigenvalue weighted by Gasteiger charge is -2.07. The molecule has 0 saturated carbocycles. The van der Waals surface area contributed by atoms with Crippen molar-refractivity contribution in [1.82, 2.24) is 4.98 Å². The van der Waals surface area contributed by atoms with Crippen LogP contribution in [0.1, 0.15) is 0 Å². The highest BCUT2D eigenvalue weighted by Crippen LogP contribution is 2.31. The molecule has 4 heteroatoms. The summed E-state index contributed by atoms with van der Waals surface area (Å²) in [7, 11) is 3.28. The van der Waals surface area contributed by atoms with E-state index in [-0.39, 0.29) is 0 Å². The van der Waals surface area contributed by atoms with Gasteiger partial charge in [0.15, 0.2) is 0 Å². The van der Waals surface area contributed by atoms with E-state index in [0.29, 0.717) is 5.02 Å². The highest BCUT2D eigenvalue weighted by Gasteiger charge is 2.07. The number of methoxy groups -OCH3 is 2. The predicted molar refractivity (Wildman–Crippen MR) is 81.8 cm³/mol. The van der Waals surface area contributed by atoms with Crippen molar-refractivity contribution in [2.24, 2.45) is 0 Å². The number of halogens is 1. The van der Waals surface area contributed by atoms with E-state index < -0.39 is 0 Å². The average Bonchev–Trinajstić information content (AvgIpc) is 2.89. The summed E-state index contributed by atoms with van der Waals surface area (Å²) < 4.78 is 10.6. The fraction of sp³-hybridized carbons (Fsp3) is 0.125. The molecule has 1 heterocycles.